The van der Waals surface area contributed by atoms with Crippen LogP contribution in [0.4, 0.5) is 5.69 Å². The van der Waals surface area contributed by atoms with E-state index in [2.05, 4.69) is 52.5 Å². The standard InChI is InChI=1S/C19H25N5O.ClH/c1-13-4-3-5-17(14(13)2)23-8-10-24(11-9-23)19(25)18-15-12-20-7-6-16(15)21-22-18;/h3-5,20H,6-12H2,1-2H3,(H,21,22);1H. The first-order valence-corrected chi connectivity index (χ1v) is 9.02. The number of halogens is 1. The summed E-state index contributed by atoms with van der Waals surface area (Å²) in [4.78, 5) is 17.2. The summed E-state index contributed by atoms with van der Waals surface area (Å²) in [5, 5.41) is 10.7. The van der Waals surface area contributed by atoms with Crippen LogP contribution in [0.5, 0.6) is 0 Å². The van der Waals surface area contributed by atoms with Gasteiger partial charge in [0.1, 0.15) is 0 Å². The van der Waals surface area contributed by atoms with Crippen molar-refractivity contribution in [3.8, 4) is 0 Å². The van der Waals surface area contributed by atoms with E-state index in [1.807, 2.05) is 4.90 Å². The Morgan fingerprint density at radius 3 is 2.69 bits per heavy atom. The number of H-pyrrole nitrogens is 1. The molecule has 0 unspecified atom stereocenters. The number of rotatable bonds is 2. The van der Waals surface area contributed by atoms with E-state index >= 15 is 0 Å². The molecule has 0 bridgehead atoms. The first-order valence-electron chi connectivity index (χ1n) is 9.02. The summed E-state index contributed by atoms with van der Waals surface area (Å²) in [6, 6.07) is 6.43. The molecule has 0 aliphatic carbocycles. The number of aromatic amines is 1. The minimum absolute atomic E-state index is 0. The van der Waals surface area contributed by atoms with Crippen LogP contribution in [-0.2, 0) is 13.0 Å². The first-order chi connectivity index (χ1) is 12.1. The van der Waals surface area contributed by atoms with Crippen LogP contribution in [0.25, 0.3) is 0 Å². The Balaban J connectivity index is 0.00000196. The number of fused-ring (bicyclic) bond motifs is 1. The van der Waals surface area contributed by atoms with Crippen molar-refractivity contribution in [2.45, 2.75) is 26.8 Å². The number of hydrogen-bond acceptors (Lipinski definition) is 4. The fourth-order valence-corrected chi connectivity index (χ4v) is 3.78. The van der Waals surface area contributed by atoms with Crippen molar-refractivity contribution in [1.29, 1.82) is 0 Å². The third-order valence-electron chi connectivity index (χ3n) is 5.49. The Hall–Kier alpha value is -2.05. The van der Waals surface area contributed by atoms with Gasteiger partial charge in [-0.1, -0.05) is 12.1 Å². The van der Waals surface area contributed by atoms with Crippen molar-refractivity contribution in [3.63, 3.8) is 0 Å². The maximum Gasteiger partial charge on any atom is 0.274 e. The number of nitrogens with zero attached hydrogens (tertiary/aromatic N) is 3. The highest BCUT2D eigenvalue weighted by molar-refractivity contribution is 5.94. The van der Waals surface area contributed by atoms with Gasteiger partial charge in [0.25, 0.3) is 5.91 Å². The van der Waals surface area contributed by atoms with E-state index in [-0.39, 0.29) is 18.3 Å². The number of piperazine rings is 1. The van der Waals surface area contributed by atoms with Gasteiger partial charge in [-0.2, -0.15) is 5.10 Å². The maximum atomic E-state index is 12.9. The lowest BCUT2D eigenvalue weighted by atomic mass is 10.1. The molecule has 0 saturated carbocycles. The highest BCUT2D eigenvalue weighted by Gasteiger charge is 2.28. The lowest BCUT2D eigenvalue weighted by Crippen LogP contribution is -2.49. The van der Waals surface area contributed by atoms with Gasteiger partial charge in [-0.25, -0.2) is 0 Å². The van der Waals surface area contributed by atoms with Gasteiger partial charge in [0.05, 0.1) is 0 Å². The van der Waals surface area contributed by atoms with Crippen LogP contribution in [-0.4, -0.2) is 53.7 Å². The van der Waals surface area contributed by atoms with Gasteiger partial charge in [0.2, 0.25) is 0 Å². The average molecular weight is 376 g/mol. The zero-order chi connectivity index (χ0) is 17.4. The highest BCUT2D eigenvalue weighted by Crippen LogP contribution is 2.24. The molecule has 2 aliphatic rings. The zero-order valence-electron chi connectivity index (χ0n) is 15.3. The number of aromatic nitrogens is 2. The van der Waals surface area contributed by atoms with Crippen molar-refractivity contribution >= 4 is 24.0 Å². The molecule has 4 rings (SSSR count). The molecule has 1 aromatic heterocycles. The molecule has 1 fully saturated rings. The molecule has 2 aliphatic heterocycles. The quantitative estimate of drug-likeness (QED) is 0.843. The molecule has 2 N–H and O–H groups in total. The number of carbonyl (C=O) groups excluding carboxylic acids is 1. The Labute approximate surface area is 160 Å². The monoisotopic (exact) mass is 375 g/mol. The Morgan fingerprint density at radius 2 is 1.92 bits per heavy atom. The third kappa shape index (κ3) is 3.31. The van der Waals surface area contributed by atoms with Gasteiger partial charge in [-0.05, 0) is 31.0 Å². The maximum absolute atomic E-state index is 12.9. The lowest BCUT2D eigenvalue weighted by molar-refractivity contribution is 0.0739. The van der Waals surface area contributed by atoms with Crippen LogP contribution in [0, 0.1) is 13.8 Å². The number of carbonyl (C=O) groups is 1. The number of amides is 1. The minimum Gasteiger partial charge on any atom is -0.368 e. The molecule has 6 nitrogen and oxygen atoms in total. The summed E-state index contributed by atoms with van der Waals surface area (Å²) in [7, 11) is 0. The van der Waals surface area contributed by atoms with E-state index < -0.39 is 0 Å². The average Bonchev–Trinajstić information content (AvgIpc) is 3.08. The SMILES string of the molecule is Cc1cccc(N2CCN(C(=O)c3n[nH]c4c3CNCC4)CC2)c1C.Cl. The van der Waals surface area contributed by atoms with Gasteiger partial charge in [0, 0.05) is 62.6 Å². The van der Waals surface area contributed by atoms with Crippen molar-refractivity contribution in [3.05, 3.63) is 46.3 Å². The second-order valence-corrected chi connectivity index (χ2v) is 6.95. The zero-order valence-corrected chi connectivity index (χ0v) is 16.2. The number of anilines is 1. The number of hydrogen-bond donors (Lipinski definition) is 2. The highest BCUT2D eigenvalue weighted by atomic mass is 35.5. The number of aryl methyl sites for hydroxylation is 1. The summed E-state index contributed by atoms with van der Waals surface area (Å²) in [5.41, 5.74) is 6.68. The molecular formula is C19H26ClN5O. The van der Waals surface area contributed by atoms with E-state index in [0.717, 1.165) is 56.9 Å². The second kappa shape index (κ2) is 7.68. The van der Waals surface area contributed by atoms with Crippen LogP contribution >= 0.6 is 12.4 Å². The summed E-state index contributed by atoms with van der Waals surface area (Å²) >= 11 is 0. The van der Waals surface area contributed by atoms with Crippen LogP contribution in [0.3, 0.4) is 0 Å². The molecule has 0 spiro atoms. The molecule has 3 heterocycles. The fourth-order valence-electron chi connectivity index (χ4n) is 3.78. The number of benzene rings is 1. The second-order valence-electron chi connectivity index (χ2n) is 6.95. The van der Waals surface area contributed by atoms with Crippen molar-refractivity contribution < 1.29 is 4.79 Å². The smallest absolute Gasteiger partial charge is 0.274 e. The molecule has 1 aromatic carbocycles. The van der Waals surface area contributed by atoms with E-state index in [1.54, 1.807) is 0 Å². The largest absolute Gasteiger partial charge is 0.368 e. The van der Waals surface area contributed by atoms with Crippen LogP contribution in [0.1, 0.15) is 32.9 Å². The van der Waals surface area contributed by atoms with Gasteiger partial charge < -0.3 is 15.1 Å². The third-order valence-corrected chi connectivity index (χ3v) is 5.49. The summed E-state index contributed by atoms with van der Waals surface area (Å²) < 4.78 is 0. The number of nitrogens with one attached hydrogen (secondary N) is 2. The van der Waals surface area contributed by atoms with E-state index in [4.69, 9.17) is 0 Å². The van der Waals surface area contributed by atoms with Crippen molar-refractivity contribution in [2.24, 2.45) is 0 Å². The van der Waals surface area contributed by atoms with Gasteiger partial charge >= 0.3 is 0 Å². The summed E-state index contributed by atoms with van der Waals surface area (Å²) in [5.74, 6) is 0.0572. The van der Waals surface area contributed by atoms with Gasteiger partial charge in [-0.15, -0.1) is 12.4 Å². The summed E-state index contributed by atoms with van der Waals surface area (Å²) in [6.45, 7) is 9.19. The van der Waals surface area contributed by atoms with Crippen LogP contribution in [0.2, 0.25) is 0 Å². The van der Waals surface area contributed by atoms with Gasteiger partial charge in [0.15, 0.2) is 5.69 Å². The molecule has 2 aromatic rings. The van der Waals surface area contributed by atoms with E-state index in [9.17, 15) is 4.79 Å². The molecule has 26 heavy (non-hydrogen) atoms. The lowest BCUT2D eigenvalue weighted by Gasteiger charge is -2.37. The molecule has 7 heteroatoms. The Kier molecular flexibility index (Phi) is 5.53. The van der Waals surface area contributed by atoms with E-state index in [1.165, 1.54) is 16.8 Å². The first kappa shape index (κ1) is 18.7. The van der Waals surface area contributed by atoms with Gasteiger partial charge in [-0.3, -0.25) is 9.89 Å². The molecular weight excluding hydrogens is 350 g/mol. The molecule has 1 saturated heterocycles. The van der Waals surface area contributed by atoms with Crippen molar-refractivity contribution in [1.82, 2.24) is 20.4 Å². The summed E-state index contributed by atoms with van der Waals surface area (Å²) in [6.07, 6.45) is 0.913. The molecule has 140 valence electrons. The Morgan fingerprint density at radius 1 is 1.15 bits per heavy atom. The van der Waals surface area contributed by atoms with Crippen LogP contribution in [0.15, 0.2) is 18.2 Å². The predicted molar refractivity (Wildman–Crippen MR) is 105 cm³/mol. The molecule has 0 atom stereocenters. The molecule has 0 radical (unpaired) electrons. The molecule has 1 amide bonds. The predicted octanol–water partition coefficient (Wildman–Crippen LogP) is 2.06. The normalized spacial score (nSPS) is 16.8. The van der Waals surface area contributed by atoms with Crippen molar-refractivity contribution in [2.75, 3.05) is 37.6 Å². The topological polar surface area (TPSA) is 64.3 Å². The van der Waals surface area contributed by atoms with Crippen LogP contribution < -0.4 is 10.2 Å². The van der Waals surface area contributed by atoms with E-state index in [0.29, 0.717) is 5.69 Å². The fraction of sp³-hybridized carbons (Fsp3) is 0.474. The minimum atomic E-state index is 0. The Bertz CT molecular complexity index is 795.